The SMILES string of the molecule is CCOC(=O)C1(C(=O)OCC)Oc2ccccc2N[C@@H]1c1ccccc1. The molecule has 1 aliphatic rings. The van der Waals surface area contributed by atoms with Crippen LogP contribution in [0.2, 0.25) is 0 Å². The molecule has 0 aliphatic carbocycles. The zero-order valence-corrected chi connectivity index (χ0v) is 14.7. The maximum Gasteiger partial charge on any atom is 0.365 e. The third-order valence-electron chi connectivity index (χ3n) is 4.15. The lowest BCUT2D eigenvalue weighted by molar-refractivity contribution is -0.182. The molecule has 1 atom stereocenters. The van der Waals surface area contributed by atoms with Gasteiger partial charge in [0.1, 0.15) is 11.8 Å². The second kappa shape index (κ2) is 7.47. The highest BCUT2D eigenvalue weighted by Gasteiger charge is 2.61. The molecule has 26 heavy (non-hydrogen) atoms. The Kier molecular flexibility index (Phi) is 5.11. The van der Waals surface area contributed by atoms with Gasteiger partial charge in [-0.25, -0.2) is 9.59 Å². The highest BCUT2D eigenvalue weighted by molar-refractivity contribution is 6.06. The molecule has 0 unspecified atom stereocenters. The minimum atomic E-state index is -1.97. The molecule has 3 rings (SSSR count). The van der Waals surface area contributed by atoms with Gasteiger partial charge in [-0.05, 0) is 31.5 Å². The zero-order valence-electron chi connectivity index (χ0n) is 14.7. The number of esters is 2. The topological polar surface area (TPSA) is 73.9 Å². The fraction of sp³-hybridized carbons (Fsp3) is 0.300. The lowest BCUT2D eigenvalue weighted by Gasteiger charge is -2.41. The van der Waals surface area contributed by atoms with Gasteiger partial charge in [-0.2, -0.15) is 0 Å². The van der Waals surface area contributed by atoms with E-state index >= 15 is 0 Å². The molecular weight excluding hydrogens is 334 g/mol. The van der Waals surface area contributed by atoms with Crippen molar-refractivity contribution in [2.24, 2.45) is 0 Å². The first kappa shape index (κ1) is 17.8. The Morgan fingerprint density at radius 2 is 1.54 bits per heavy atom. The van der Waals surface area contributed by atoms with Gasteiger partial charge in [0, 0.05) is 0 Å². The highest BCUT2D eigenvalue weighted by Crippen LogP contribution is 2.44. The smallest absolute Gasteiger partial charge is 0.365 e. The molecule has 0 aromatic heterocycles. The number of anilines is 1. The standard InChI is InChI=1S/C20H21NO5/c1-3-24-18(22)20(19(23)25-4-2)17(14-10-6-5-7-11-14)21-15-12-8-9-13-16(15)26-20/h5-13,17,21H,3-4H2,1-2H3/t17-/m1/s1. The van der Waals surface area contributed by atoms with E-state index in [0.717, 1.165) is 0 Å². The first-order chi connectivity index (χ1) is 12.6. The van der Waals surface area contributed by atoms with Crippen molar-refractivity contribution in [3.8, 4) is 5.75 Å². The van der Waals surface area contributed by atoms with Crippen molar-refractivity contribution < 1.29 is 23.8 Å². The molecule has 0 saturated carbocycles. The molecule has 1 N–H and O–H groups in total. The summed E-state index contributed by atoms with van der Waals surface area (Å²) in [5.41, 5.74) is -0.574. The van der Waals surface area contributed by atoms with Gasteiger partial charge in [-0.3, -0.25) is 0 Å². The number of carbonyl (C=O) groups excluding carboxylic acids is 2. The quantitative estimate of drug-likeness (QED) is 0.656. The van der Waals surface area contributed by atoms with Crippen LogP contribution in [-0.2, 0) is 19.1 Å². The monoisotopic (exact) mass is 355 g/mol. The summed E-state index contributed by atoms with van der Waals surface area (Å²) in [5, 5.41) is 3.26. The van der Waals surface area contributed by atoms with Crippen LogP contribution in [-0.4, -0.2) is 30.8 Å². The molecule has 2 aromatic carbocycles. The van der Waals surface area contributed by atoms with E-state index in [-0.39, 0.29) is 13.2 Å². The fourth-order valence-electron chi connectivity index (χ4n) is 3.01. The van der Waals surface area contributed by atoms with Gasteiger partial charge >= 0.3 is 17.5 Å². The lowest BCUT2D eigenvalue weighted by atomic mass is 9.86. The number of rotatable bonds is 5. The van der Waals surface area contributed by atoms with E-state index in [1.54, 1.807) is 26.0 Å². The van der Waals surface area contributed by atoms with Gasteiger partial charge in [0.25, 0.3) is 0 Å². The molecule has 0 bridgehead atoms. The molecule has 0 spiro atoms. The third kappa shape index (κ3) is 2.98. The van der Waals surface area contributed by atoms with Crippen LogP contribution < -0.4 is 10.1 Å². The second-order valence-electron chi connectivity index (χ2n) is 5.76. The van der Waals surface area contributed by atoms with Gasteiger partial charge in [-0.1, -0.05) is 42.5 Å². The van der Waals surface area contributed by atoms with Gasteiger partial charge in [0.15, 0.2) is 0 Å². The average Bonchev–Trinajstić information content (AvgIpc) is 2.67. The Morgan fingerprint density at radius 3 is 2.15 bits per heavy atom. The summed E-state index contributed by atoms with van der Waals surface area (Å²) in [6, 6.07) is 15.5. The number of para-hydroxylation sites is 2. The molecule has 1 aliphatic heterocycles. The predicted molar refractivity (Wildman–Crippen MR) is 95.9 cm³/mol. The van der Waals surface area contributed by atoms with Crippen LogP contribution in [0.5, 0.6) is 5.75 Å². The zero-order chi connectivity index (χ0) is 18.6. The predicted octanol–water partition coefficient (Wildman–Crippen LogP) is 3.10. The van der Waals surface area contributed by atoms with E-state index in [0.29, 0.717) is 17.0 Å². The molecule has 0 saturated heterocycles. The molecule has 136 valence electrons. The molecule has 6 heteroatoms. The third-order valence-corrected chi connectivity index (χ3v) is 4.15. The number of ether oxygens (including phenoxy) is 3. The average molecular weight is 355 g/mol. The number of benzene rings is 2. The van der Waals surface area contributed by atoms with Crippen molar-refractivity contribution in [3.05, 3.63) is 60.2 Å². The van der Waals surface area contributed by atoms with Gasteiger partial charge in [-0.15, -0.1) is 0 Å². The number of hydrogen-bond donors (Lipinski definition) is 1. The molecule has 0 radical (unpaired) electrons. The Labute approximate surface area is 152 Å². The summed E-state index contributed by atoms with van der Waals surface area (Å²) in [6.45, 7) is 3.59. The normalized spacial score (nSPS) is 17.2. The summed E-state index contributed by atoms with van der Waals surface area (Å²) in [6.07, 6.45) is 0. The number of nitrogens with one attached hydrogen (secondary N) is 1. The van der Waals surface area contributed by atoms with Crippen LogP contribution in [0.15, 0.2) is 54.6 Å². The van der Waals surface area contributed by atoms with Crippen LogP contribution in [0.25, 0.3) is 0 Å². The van der Waals surface area contributed by atoms with Crippen molar-refractivity contribution in [2.75, 3.05) is 18.5 Å². The Hall–Kier alpha value is -3.02. The van der Waals surface area contributed by atoms with Crippen LogP contribution >= 0.6 is 0 Å². The van der Waals surface area contributed by atoms with E-state index in [4.69, 9.17) is 14.2 Å². The Bertz CT molecular complexity index is 772. The minimum absolute atomic E-state index is 0.118. The van der Waals surface area contributed by atoms with Crippen molar-refractivity contribution in [1.29, 1.82) is 0 Å². The van der Waals surface area contributed by atoms with Crippen LogP contribution in [0, 0.1) is 0 Å². The van der Waals surface area contributed by atoms with Crippen LogP contribution in [0.3, 0.4) is 0 Å². The van der Waals surface area contributed by atoms with Crippen molar-refractivity contribution >= 4 is 17.6 Å². The highest BCUT2D eigenvalue weighted by atomic mass is 16.6. The van der Waals surface area contributed by atoms with Crippen LogP contribution in [0.4, 0.5) is 5.69 Å². The first-order valence-electron chi connectivity index (χ1n) is 8.57. The summed E-state index contributed by atoms with van der Waals surface area (Å²) in [4.78, 5) is 25.9. The lowest BCUT2D eigenvalue weighted by Crippen LogP contribution is -2.61. The van der Waals surface area contributed by atoms with E-state index in [1.807, 2.05) is 42.5 Å². The first-order valence-corrected chi connectivity index (χ1v) is 8.57. The van der Waals surface area contributed by atoms with Crippen LogP contribution in [0.1, 0.15) is 25.5 Å². The van der Waals surface area contributed by atoms with Gasteiger partial charge < -0.3 is 19.5 Å². The molecule has 6 nitrogen and oxygen atoms in total. The molecule has 0 fully saturated rings. The number of fused-ring (bicyclic) bond motifs is 1. The maximum atomic E-state index is 12.9. The molecular formula is C20H21NO5. The van der Waals surface area contributed by atoms with Gasteiger partial charge in [0.05, 0.1) is 18.9 Å². The maximum absolute atomic E-state index is 12.9. The second-order valence-corrected chi connectivity index (χ2v) is 5.76. The van der Waals surface area contributed by atoms with E-state index in [1.165, 1.54) is 0 Å². The largest absolute Gasteiger partial charge is 0.462 e. The molecule has 2 aromatic rings. The summed E-state index contributed by atoms with van der Waals surface area (Å²) < 4.78 is 16.4. The van der Waals surface area contributed by atoms with Gasteiger partial charge in [0.2, 0.25) is 0 Å². The molecule has 1 heterocycles. The fourth-order valence-corrected chi connectivity index (χ4v) is 3.01. The number of hydrogen-bond acceptors (Lipinski definition) is 6. The summed E-state index contributed by atoms with van der Waals surface area (Å²) >= 11 is 0. The van der Waals surface area contributed by atoms with Crippen molar-refractivity contribution in [1.82, 2.24) is 0 Å². The van der Waals surface area contributed by atoms with Crippen molar-refractivity contribution in [3.63, 3.8) is 0 Å². The molecule has 0 amide bonds. The summed E-state index contributed by atoms with van der Waals surface area (Å²) in [5.74, 6) is -1.18. The Balaban J connectivity index is 2.18. The van der Waals surface area contributed by atoms with Crippen molar-refractivity contribution in [2.45, 2.75) is 25.5 Å². The van der Waals surface area contributed by atoms with E-state index in [9.17, 15) is 9.59 Å². The van der Waals surface area contributed by atoms with E-state index < -0.39 is 23.6 Å². The van der Waals surface area contributed by atoms with E-state index in [2.05, 4.69) is 5.32 Å². The number of carbonyl (C=O) groups is 2. The Morgan fingerprint density at radius 1 is 0.962 bits per heavy atom. The summed E-state index contributed by atoms with van der Waals surface area (Å²) in [7, 11) is 0. The minimum Gasteiger partial charge on any atom is -0.462 e.